The van der Waals surface area contributed by atoms with Gasteiger partial charge in [-0.2, -0.15) is 0 Å². The number of hydrogen-bond acceptors (Lipinski definition) is 6. The normalized spacial score (nSPS) is 11.4. The van der Waals surface area contributed by atoms with Crippen molar-refractivity contribution >= 4 is 33.6 Å². The van der Waals surface area contributed by atoms with Crippen molar-refractivity contribution in [3.05, 3.63) is 52.1 Å². The van der Waals surface area contributed by atoms with Gasteiger partial charge in [-0.25, -0.2) is 4.98 Å². The molecule has 0 fully saturated rings. The number of H-pyrrole nitrogens is 1. The molecule has 1 aromatic heterocycles. The van der Waals surface area contributed by atoms with Crippen LogP contribution in [0.3, 0.4) is 0 Å². The Morgan fingerprint density at radius 2 is 1.73 bits per heavy atom. The molecule has 0 spiro atoms. The smallest absolute Gasteiger partial charge is 0.259 e. The molecule has 2 aromatic carbocycles. The van der Waals surface area contributed by atoms with Crippen molar-refractivity contribution < 1.29 is 18.9 Å². The van der Waals surface area contributed by atoms with E-state index in [1.165, 1.54) is 14.2 Å². The molecule has 1 N–H and O–H groups in total. The molecule has 0 aliphatic carbocycles. The number of ether oxygens (including phenoxy) is 4. The van der Waals surface area contributed by atoms with Gasteiger partial charge in [0.15, 0.2) is 28.8 Å². The molecule has 1 heterocycles. The van der Waals surface area contributed by atoms with Gasteiger partial charge in [0.2, 0.25) is 0 Å². The Balaban J connectivity index is 2.02. The van der Waals surface area contributed by atoms with E-state index >= 15 is 0 Å². The van der Waals surface area contributed by atoms with Gasteiger partial charge in [0.25, 0.3) is 5.56 Å². The summed E-state index contributed by atoms with van der Waals surface area (Å²) in [6.45, 7) is 2.60. The second-order valence-corrected chi connectivity index (χ2v) is 6.80. The fourth-order valence-corrected chi connectivity index (χ4v) is 3.12. The lowest BCUT2D eigenvalue weighted by molar-refractivity contribution is 0.294. The molecule has 0 aliphatic heterocycles. The zero-order valence-corrected chi connectivity index (χ0v) is 18.0. The molecule has 0 bridgehead atoms. The van der Waals surface area contributed by atoms with Crippen LogP contribution in [0.2, 0.25) is 0 Å². The minimum absolute atomic E-state index is 0.244. The first-order valence-corrected chi connectivity index (χ1v) is 9.73. The average Bonchev–Trinajstić information content (AvgIpc) is 2.76. The van der Waals surface area contributed by atoms with E-state index in [1.54, 1.807) is 31.4 Å². The molecule has 0 saturated carbocycles. The fraction of sp³-hybridized carbons (Fsp3) is 0.273. The van der Waals surface area contributed by atoms with Gasteiger partial charge >= 0.3 is 0 Å². The third kappa shape index (κ3) is 4.52. The summed E-state index contributed by atoms with van der Waals surface area (Å²) in [6.07, 6.45) is 2.57. The van der Waals surface area contributed by atoms with Crippen LogP contribution in [0.15, 0.2) is 35.1 Å². The van der Waals surface area contributed by atoms with Crippen LogP contribution in [-0.2, 0) is 0 Å². The summed E-state index contributed by atoms with van der Waals surface area (Å²) < 4.78 is 21.6. The Labute approximate surface area is 179 Å². The van der Waals surface area contributed by atoms with E-state index < -0.39 is 0 Å². The van der Waals surface area contributed by atoms with E-state index in [0.717, 1.165) is 12.0 Å². The Morgan fingerprint density at radius 3 is 2.40 bits per heavy atom. The van der Waals surface area contributed by atoms with Crippen LogP contribution in [0.4, 0.5) is 0 Å². The summed E-state index contributed by atoms with van der Waals surface area (Å²) in [5.74, 6) is 2.42. The molecule has 30 heavy (non-hydrogen) atoms. The van der Waals surface area contributed by atoms with Crippen LogP contribution in [0.1, 0.15) is 24.7 Å². The second kappa shape index (κ2) is 9.54. The van der Waals surface area contributed by atoms with Crippen LogP contribution < -0.4 is 24.5 Å². The summed E-state index contributed by atoms with van der Waals surface area (Å²) in [6, 6.07) is 8.69. The highest BCUT2D eigenvalue weighted by Crippen LogP contribution is 2.32. The maximum absolute atomic E-state index is 12.6. The summed E-state index contributed by atoms with van der Waals surface area (Å²) in [4.78, 5) is 19.8. The monoisotopic (exact) mass is 430 g/mol. The average molecular weight is 431 g/mol. The lowest BCUT2D eigenvalue weighted by Crippen LogP contribution is -2.11. The van der Waals surface area contributed by atoms with Crippen molar-refractivity contribution in [2.45, 2.75) is 13.3 Å². The number of halogens is 1. The number of rotatable bonds is 8. The molecule has 3 aromatic rings. The van der Waals surface area contributed by atoms with Gasteiger partial charge in [0, 0.05) is 6.07 Å². The van der Waals surface area contributed by atoms with Crippen LogP contribution in [-0.4, -0.2) is 37.9 Å². The topological polar surface area (TPSA) is 82.7 Å². The minimum Gasteiger partial charge on any atom is -0.493 e. The second-order valence-electron chi connectivity index (χ2n) is 6.39. The largest absolute Gasteiger partial charge is 0.493 e. The molecule has 0 atom stereocenters. The highest BCUT2D eigenvalue weighted by Gasteiger charge is 2.13. The predicted octanol–water partition coefficient (Wildman–Crippen LogP) is 4.47. The first-order valence-electron chi connectivity index (χ1n) is 9.35. The lowest BCUT2D eigenvalue weighted by atomic mass is 10.1. The third-order valence-corrected chi connectivity index (χ3v) is 4.67. The SMILES string of the molecule is CCCOc1cc(/C=C(\Cl)c2nc3cc(OC)c(OC)cc3c(=O)[nH]2)ccc1OC. The lowest BCUT2D eigenvalue weighted by Gasteiger charge is -2.11. The van der Waals surface area contributed by atoms with Crippen LogP contribution in [0, 0.1) is 0 Å². The van der Waals surface area contributed by atoms with E-state index in [0.29, 0.717) is 40.5 Å². The molecule has 0 saturated heterocycles. The molecular weight excluding hydrogens is 408 g/mol. The van der Waals surface area contributed by atoms with Gasteiger partial charge in [-0.3, -0.25) is 4.79 Å². The molecule has 0 radical (unpaired) electrons. The number of benzene rings is 2. The zero-order chi connectivity index (χ0) is 21.7. The van der Waals surface area contributed by atoms with E-state index in [4.69, 9.17) is 30.5 Å². The first kappa shape index (κ1) is 21.5. The Morgan fingerprint density at radius 1 is 1.03 bits per heavy atom. The summed E-state index contributed by atoms with van der Waals surface area (Å²) >= 11 is 6.48. The maximum atomic E-state index is 12.6. The van der Waals surface area contributed by atoms with Gasteiger partial charge in [-0.15, -0.1) is 0 Å². The van der Waals surface area contributed by atoms with Gasteiger partial charge in [-0.1, -0.05) is 24.6 Å². The molecule has 0 amide bonds. The number of nitrogens with zero attached hydrogens (tertiary/aromatic N) is 1. The Kier molecular flexibility index (Phi) is 6.84. The molecule has 158 valence electrons. The van der Waals surface area contributed by atoms with E-state index in [-0.39, 0.29) is 16.4 Å². The quantitative estimate of drug-likeness (QED) is 0.567. The highest BCUT2D eigenvalue weighted by molar-refractivity contribution is 6.50. The predicted molar refractivity (Wildman–Crippen MR) is 118 cm³/mol. The number of hydrogen-bond donors (Lipinski definition) is 1. The fourth-order valence-electron chi connectivity index (χ4n) is 2.90. The van der Waals surface area contributed by atoms with Gasteiger partial charge in [-0.05, 0) is 36.3 Å². The first-order chi connectivity index (χ1) is 14.5. The summed E-state index contributed by atoms with van der Waals surface area (Å²) in [5, 5.41) is 0.649. The Hall–Kier alpha value is -3.19. The third-order valence-electron chi connectivity index (χ3n) is 4.38. The molecule has 3 rings (SSSR count). The van der Waals surface area contributed by atoms with E-state index in [1.807, 2.05) is 19.1 Å². The van der Waals surface area contributed by atoms with Crippen molar-refractivity contribution in [1.82, 2.24) is 9.97 Å². The highest BCUT2D eigenvalue weighted by atomic mass is 35.5. The van der Waals surface area contributed by atoms with E-state index in [2.05, 4.69) is 9.97 Å². The van der Waals surface area contributed by atoms with Gasteiger partial charge < -0.3 is 23.9 Å². The zero-order valence-electron chi connectivity index (χ0n) is 17.2. The van der Waals surface area contributed by atoms with E-state index in [9.17, 15) is 4.79 Å². The number of aromatic nitrogens is 2. The molecule has 0 unspecified atom stereocenters. The number of aromatic amines is 1. The van der Waals surface area contributed by atoms with Crippen LogP contribution in [0.5, 0.6) is 23.0 Å². The maximum Gasteiger partial charge on any atom is 0.259 e. The molecule has 0 aliphatic rings. The van der Waals surface area contributed by atoms with Crippen LogP contribution in [0.25, 0.3) is 22.0 Å². The standard InChI is InChI=1S/C22H23ClN2O5/c1-5-8-30-20-10-13(6-7-17(20)27-2)9-15(23)21-24-16-12-19(29-4)18(28-3)11-14(16)22(26)25-21/h6-7,9-12H,5,8H2,1-4H3,(H,24,25,26)/b15-9-. The van der Waals surface area contributed by atoms with Crippen molar-refractivity contribution in [2.75, 3.05) is 27.9 Å². The van der Waals surface area contributed by atoms with Gasteiger partial charge in [0.05, 0.1) is 43.9 Å². The van der Waals surface area contributed by atoms with Crippen molar-refractivity contribution in [3.63, 3.8) is 0 Å². The summed E-state index contributed by atoms with van der Waals surface area (Å²) in [5.41, 5.74) is 0.894. The van der Waals surface area contributed by atoms with Crippen molar-refractivity contribution in [2.24, 2.45) is 0 Å². The number of fused-ring (bicyclic) bond motifs is 1. The Bertz CT molecular complexity index is 1140. The van der Waals surface area contributed by atoms with Crippen molar-refractivity contribution in [1.29, 1.82) is 0 Å². The number of methoxy groups -OCH3 is 3. The molecule has 8 heteroatoms. The summed E-state index contributed by atoms with van der Waals surface area (Å²) in [7, 11) is 4.61. The van der Waals surface area contributed by atoms with Crippen molar-refractivity contribution in [3.8, 4) is 23.0 Å². The molecular formula is C22H23ClN2O5. The van der Waals surface area contributed by atoms with Gasteiger partial charge in [0.1, 0.15) is 0 Å². The molecule has 7 nitrogen and oxygen atoms in total. The van der Waals surface area contributed by atoms with Crippen LogP contribution >= 0.6 is 11.6 Å². The number of nitrogens with one attached hydrogen (secondary N) is 1. The minimum atomic E-state index is -0.329.